The van der Waals surface area contributed by atoms with Crippen LogP contribution in [0, 0.1) is 6.92 Å². The molecule has 30 heavy (non-hydrogen) atoms. The van der Waals surface area contributed by atoms with Crippen LogP contribution in [0.25, 0.3) is 10.9 Å². The summed E-state index contributed by atoms with van der Waals surface area (Å²) in [4.78, 5) is 34.2. The van der Waals surface area contributed by atoms with Crippen LogP contribution >= 0.6 is 0 Å². The second-order valence-corrected chi connectivity index (χ2v) is 8.57. The van der Waals surface area contributed by atoms with Gasteiger partial charge in [0.25, 0.3) is 0 Å². The highest BCUT2D eigenvalue weighted by molar-refractivity contribution is 5.97. The third kappa shape index (κ3) is 2.68. The number of hydrogen-bond acceptors (Lipinski definition) is 2. The molecule has 5 heteroatoms. The van der Waals surface area contributed by atoms with Crippen LogP contribution in [0.15, 0.2) is 48.5 Å². The lowest BCUT2D eigenvalue weighted by molar-refractivity contribution is -0.160. The van der Waals surface area contributed by atoms with Gasteiger partial charge < -0.3 is 14.8 Å². The predicted molar refractivity (Wildman–Crippen MR) is 117 cm³/mol. The summed E-state index contributed by atoms with van der Waals surface area (Å²) in [6, 6.07) is 15.7. The molecule has 0 spiro atoms. The lowest BCUT2D eigenvalue weighted by atomic mass is 9.84. The van der Waals surface area contributed by atoms with Crippen molar-refractivity contribution in [2.75, 3.05) is 6.54 Å². The molecule has 1 N–H and O–H groups in total. The molecule has 2 aliphatic heterocycles. The standard InChI is InChI=1S/C25H27N3O2/c1-4-16(3)27-14-22(29)28-21(25(27)30)13-19-18-11-7-8-12-20(18)26-23(19)24(28)17-10-6-5-9-15(17)2/h5-12,16,21,24,26H,4,13-14H2,1-3H3/t16-,21-,24-/m0/s1. The summed E-state index contributed by atoms with van der Waals surface area (Å²) < 4.78 is 0. The lowest BCUT2D eigenvalue weighted by Crippen LogP contribution is -2.64. The van der Waals surface area contributed by atoms with E-state index in [0.29, 0.717) is 6.42 Å². The van der Waals surface area contributed by atoms with E-state index < -0.39 is 6.04 Å². The van der Waals surface area contributed by atoms with Gasteiger partial charge in [-0.2, -0.15) is 0 Å². The number of carbonyl (C=O) groups is 2. The third-order valence-corrected chi connectivity index (χ3v) is 6.90. The Morgan fingerprint density at radius 3 is 2.60 bits per heavy atom. The molecule has 5 rings (SSSR count). The maximum absolute atomic E-state index is 13.6. The molecule has 1 saturated heterocycles. The van der Waals surface area contributed by atoms with E-state index in [-0.39, 0.29) is 30.4 Å². The zero-order chi connectivity index (χ0) is 21.0. The summed E-state index contributed by atoms with van der Waals surface area (Å²) in [6.45, 7) is 6.31. The summed E-state index contributed by atoms with van der Waals surface area (Å²) in [5.41, 5.74) is 5.46. The van der Waals surface area contributed by atoms with E-state index in [1.807, 2.05) is 36.1 Å². The van der Waals surface area contributed by atoms with Gasteiger partial charge in [-0.25, -0.2) is 0 Å². The van der Waals surface area contributed by atoms with Crippen molar-refractivity contribution in [1.82, 2.24) is 14.8 Å². The summed E-state index contributed by atoms with van der Waals surface area (Å²) in [5.74, 6) is 0.0934. The van der Waals surface area contributed by atoms with Gasteiger partial charge in [-0.15, -0.1) is 0 Å². The number of aromatic nitrogens is 1. The average molecular weight is 402 g/mol. The van der Waals surface area contributed by atoms with Crippen LogP contribution in [0.3, 0.4) is 0 Å². The van der Waals surface area contributed by atoms with E-state index in [0.717, 1.165) is 39.7 Å². The molecule has 2 aromatic carbocycles. The molecule has 2 aliphatic rings. The van der Waals surface area contributed by atoms with Gasteiger partial charge in [0.15, 0.2) is 0 Å². The van der Waals surface area contributed by atoms with Crippen molar-refractivity contribution < 1.29 is 9.59 Å². The number of hydrogen-bond donors (Lipinski definition) is 1. The Kier molecular flexibility index (Phi) is 4.42. The van der Waals surface area contributed by atoms with Gasteiger partial charge in [0, 0.05) is 29.1 Å². The SMILES string of the molecule is CC[C@H](C)N1CC(=O)N2[C@@H](c3ccccc3C)c3[nH]c4ccccc4c3C[C@H]2C1=O. The number of amides is 2. The van der Waals surface area contributed by atoms with Crippen LogP contribution in [0.2, 0.25) is 0 Å². The number of piperazine rings is 1. The van der Waals surface area contributed by atoms with E-state index in [1.54, 1.807) is 4.90 Å². The Morgan fingerprint density at radius 2 is 1.83 bits per heavy atom. The van der Waals surface area contributed by atoms with Crippen LogP contribution in [0.4, 0.5) is 0 Å². The van der Waals surface area contributed by atoms with Crippen LogP contribution in [0.1, 0.15) is 48.7 Å². The van der Waals surface area contributed by atoms with E-state index in [1.165, 1.54) is 0 Å². The number of benzene rings is 2. The minimum absolute atomic E-state index is 0.0254. The van der Waals surface area contributed by atoms with Crippen LogP contribution in [-0.2, 0) is 16.0 Å². The number of rotatable bonds is 3. The number of nitrogens with one attached hydrogen (secondary N) is 1. The first-order valence-corrected chi connectivity index (χ1v) is 10.8. The van der Waals surface area contributed by atoms with Gasteiger partial charge in [0.2, 0.25) is 11.8 Å². The Labute approximate surface area is 176 Å². The first-order valence-electron chi connectivity index (χ1n) is 10.8. The van der Waals surface area contributed by atoms with Gasteiger partial charge in [-0.05, 0) is 43.0 Å². The first-order chi connectivity index (χ1) is 14.5. The smallest absolute Gasteiger partial charge is 0.246 e. The molecule has 2 amide bonds. The number of fused-ring (bicyclic) bond motifs is 4. The van der Waals surface area contributed by atoms with Crippen LogP contribution in [-0.4, -0.2) is 45.2 Å². The van der Waals surface area contributed by atoms with Crippen molar-refractivity contribution in [2.24, 2.45) is 0 Å². The van der Waals surface area contributed by atoms with Gasteiger partial charge in [-0.1, -0.05) is 49.4 Å². The minimum atomic E-state index is -0.462. The summed E-state index contributed by atoms with van der Waals surface area (Å²) in [5, 5.41) is 1.15. The van der Waals surface area contributed by atoms with Crippen molar-refractivity contribution >= 4 is 22.7 Å². The molecule has 3 atom stereocenters. The molecule has 3 heterocycles. The predicted octanol–water partition coefficient (Wildman–Crippen LogP) is 3.96. The first kappa shape index (κ1) is 18.9. The normalized spacial score (nSPS) is 22.2. The molecule has 1 aromatic heterocycles. The number of H-pyrrole nitrogens is 1. The highest BCUT2D eigenvalue weighted by atomic mass is 16.2. The molecule has 0 unspecified atom stereocenters. The summed E-state index contributed by atoms with van der Waals surface area (Å²) >= 11 is 0. The maximum Gasteiger partial charge on any atom is 0.246 e. The molecule has 3 aromatic rings. The number of aromatic amines is 1. The highest BCUT2D eigenvalue weighted by Gasteiger charge is 2.49. The fourth-order valence-corrected chi connectivity index (χ4v) is 5.10. The zero-order valence-corrected chi connectivity index (χ0v) is 17.7. The van der Waals surface area contributed by atoms with E-state index in [2.05, 4.69) is 43.1 Å². The van der Waals surface area contributed by atoms with Gasteiger partial charge in [0.1, 0.15) is 12.6 Å². The molecule has 0 bridgehead atoms. The number of para-hydroxylation sites is 1. The quantitative estimate of drug-likeness (QED) is 0.722. The topological polar surface area (TPSA) is 56.4 Å². The molecular weight excluding hydrogens is 374 g/mol. The van der Waals surface area contributed by atoms with Gasteiger partial charge in [-0.3, -0.25) is 9.59 Å². The molecule has 0 aliphatic carbocycles. The molecule has 1 fully saturated rings. The van der Waals surface area contributed by atoms with Crippen molar-refractivity contribution in [3.63, 3.8) is 0 Å². The van der Waals surface area contributed by atoms with Crippen molar-refractivity contribution in [3.8, 4) is 0 Å². The second-order valence-electron chi connectivity index (χ2n) is 8.57. The number of nitrogens with zero attached hydrogens (tertiary/aromatic N) is 2. The van der Waals surface area contributed by atoms with E-state index in [9.17, 15) is 9.59 Å². The number of aryl methyl sites for hydroxylation is 1. The third-order valence-electron chi connectivity index (χ3n) is 6.90. The average Bonchev–Trinajstić information content (AvgIpc) is 3.13. The van der Waals surface area contributed by atoms with Gasteiger partial charge >= 0.3 is 0 Å². The summed E-state index contributed by atoms with van der Waals surface area (Å²) in [7, 11) is 0. The Balaban J connectivity index is 1.72. The van der Waals surface area contributed by atoms with Crippen molar-refractivity contribution in [1.29, 1.82) is 0 Å². The minimum Gasteiger partial charge on any atom is -0.356 e. The zero-order valence-electron chi connectivity index (χ0n) is 17.7. The molecule has 0 radical (unpaired) electrons. The molecule has 0 saturated carbocycles. The Morgan fingerprint density at radius 1 is 1.10 bits per heavy atom. The fraction of sp³-hybridized carbons (Fsp3) is 0.360. The van der Waals surface area contributed by atoms with E-state index in [4.69, 9.17) is 0 Å². The van der Waals surface area contributed by atoms with Crippen LogP contribution < -0.4 is 0 Å². The van der Waals surface area contributed by atoms with Crippen molar-refractivity contribution in [2.45, 2.75) is 51.7 Å². The molecule has 154 valence electrons. The van der Waals surface area contributed by atoms with E-state index >= 15 is 0 Å². The highest BCUT2D eigenvalue weighted by Crippen LogP contribution is 2.43. The lowest BCUT2D eigenvalue weighted by Gasteiger charge is -2.48. The maximum atomic E-state index is 13.6. The van der Waals surface area contributed by atoms with Crippen molar-refractivity contribution in [3.05, 3.63) is 70.9 Å². The second kappa shape index (κ2) is 7.01. The molecular formula is C25H27N3O2. The van der Waals surface area contributed by atoms with Gasteiger partial charge in [0.05, 0.1) is 6.04 Å². The summed E-state index contributed by atoms with van der Waals surface area (Å²) in [6.07, 6.45) is 1.39. The molecule has 5 nitrogen and oxygen atoms in total. The Hall–Kier alpha value is -3.08. The largest absolute Gasteiger partial charge is 0.356 e. The number of carbonyl (C=O) groups excluding carboxylic acids is 2. The van der Waals surface area contributed by atoms with Crippen LogP contribution in [0.5, 0.6) is 0 Å². The fourth-order valence-electron chi connectivity index (χ4n) is 5.10. The Bertz CT molecular complexity index is 1150. The monoisotopic (exact) mass is 401 g/mol.